The number of furan rings is 2. The summed E-state index contributed by atoms with van der Waals surface area (Å²) in [4.78, 5) is 0. The summed E-state index contributed by atoms with van der Waals surface area (Å²) in [6.45, 7) is 0.163. The molecule has 4 aromatic rings. The molecule has 1 aromatic carbocycles. The van der Waals surface area contributed by atoms with Crippen molar-refractivity contribution in [3.05, 3.63) is 71.1 Å². The van der Waals surface area contributed by atoms with Crippen LogP contribution in [0.3, 0.4) is 0 Å². The molecule has 0 amide bonds. The van der Waals surface area contributed by atoms with Gasteiger partial charge in [-0.3, -0.25) is 0 Å². The second-order valence-corrected chi connectivity index (χ2v) is 6.89. The van der Waals surface area contributed by atoms with E-state index in [1.807, 2.05) is 6.26 Å². The van der Waals surface area contributed by atoms with Crippen molar-refractivity contribution in [2.24, 2.45) is 5.10 Å². The van der Waals surface area contributed by atoms with Gasteiger partial charge in [0, 0.05) is 6.07 Å². The van der Waals surface area contributed by atoms with E-state index in [9.17, 15) is 4.39 Å². The molecule has 0 saturated carbocycles. The quantitative estimate of drug-likeness (QED) is 0.298. The van der Waals surface area contributed by atoms with Crippen LogP contribution >= 0.6 is 23.4 Å². The summed E-state index contributed by atoms with van der Waals surface area (Å²) in [6.07, 6.45) is 4.99. The van der Waals surface area contributed by atoms with Gasteiger partial charge in [0.05, 0.1) is 17.5 Å². The van der Waals surface area contributed by atoms with E-state index in [0.29, 0.717) is 34.0 Å². The first-order chi connectivity index (χ1) is 14.1. The Hall–Kier alpha value is -3.04. The Balaban J connectivity index is 1.47. The minimum Gasteiger partial charge on any atom is -0.486 e. The van der Waals surface area contributed by atoms with Gasteiger partial charge in [0.15, 0.2) is 5.76 Å². The van der Waals surface area contributed by atoms with Crippen LogP contribution in [0.5, 0.6) is 5.75 Å². The first-order valence-corrected chi connectivity index (χ1v) is 9.98. The van der Waals surface area contributed by atoms with Crippen molar-refractivity contribution in [1.29, 1.82) is 0 Å². The molecule has 0 bridgehead atoms. The highest BCUT2D eigenvalue weighted by Gasteiger charge is 2.15. The normalized spacial score (nSPS) is 11.4. The highest BCUT2D eigenvalue weighted by molar-refractivity contribution is 7.98. The van der Waals surface area contributed by atoms with Crippen molar-refractivity contribution in [3.8, 4) is 17.3 Å². The van der Waals surface area contributed by atoms with E-state index in [2.05, 4.69) is 15.3 Å². The van der Waals surface area contributed by atoms with Crippen LogP contribution in [-0.4, -0.2) is 27.3 Å². The van der Waals surface area contributed by atoms with Gasteiger partial charge in [-0.05, 0) is 42.7 Å². The van der Waals surface area contributed by atoms with Gasteiger partial charge in [-0.15, -0.1) is 10.2 Å². The van der Waals surface area contributed by atoms with E-state index in [-0.39, 0.29) is 11.6 Å². The lowest BCUT2D eigenvalue weighted by Crippen LogP contribution is -1.96. The van der Waals surface area contributed by atoms with E-state index >= 15 is 0 Å². The summed E-state index contributed by atoms with van der Waals surface area (Å²) >= 11 is 7.16. The summed E-state index contributed by atoms with van der Waals surface area (Å²) < 4.78 is 31.4. The molecule has 0 saturated heterocycles. The molecule has 0 aliphatic carbocycles. The molecule has 0 atom stereocenters. The molecule has 0 radical (unpaired) electrons. The van der Waals surface area contributed by atoms with E-state index in [1.165, 1.54) is 30.0 Å². The molecule has 10 heteroatoms. The fourth-order valence-corrected chi connectivity index (χ4v) is 3.03. The molecule has 148 valence electrons. The molecule has 29 heavy (non-hydrogen) atoms. The van der Waals surface area contributed by atoms with E-state index in [1.54, 1.807) is 41.4 Å². The number of aromatic nitrogens is 3. The van der Waals surface area contributed by atoms with Crippen LogP contribution in [0.25, 0.3) is 11.6 Å². The zero-order valence-corrected chi connectivity index (χ0v) is 16.7. The number of hydrogen-bond acceptors (Lipinski definition) is 7. The SMILES string of the molecule is CSc1nnc(-c2ccco2)n1/N=C/c1ccc(COc2ccc(F)c(Cl)c2)o1. The Bertz CT molecular complexity index is 1140. The summed E-state index contributed by atoms with van der Waals surface area (Å²) in [5.41, 5.74) is 0. The monoisotopic (exact) mass is 432 g/mol. The standard InChI is InChI=1S/C19H14ClFN4O3S/c1-29-19-24-23-18(17-3-2-8-26-17)25(19)22-10-13-4-5-14(28-13)11-27-12-6-7-16(21)15(20)9-12/h2-10H,11H2,1H3/b22-10+. The van der Waals surface area contributed by atoms with Crippen LogP contribution in [0, 0.1) is 5.82 Å². The van der Waals surface area contributed by atoms with E-state index < -0.39 is 5.82 Å². The van der Waals surface area contributed by atoms with Gasteiger partial charge >= 0.3 is 0 Å². The van der Waals surface area contributed by atoms with Crippen molar-refractivity contribution in [2.75, 3.05) is 6.26 Å². The molecule has 4 rings (SSSR count). The number of benzene rings is 1. The van der Waals surface area contributed by atoms with Gasteiger partial charge < -0.3 is 13.6 Å². The summed E-state index contributed by atoms with van der Waals surface area (Å²) in [5, 5.41) is 13.2. The first kappa shape index (κ1) is 19.3. The Morgan fingerprint density at radius 1 is 1.28 bits per heavy atom. The lowest BCUT2D eigenvalue weighted by molar-refractivity contribution is 0.269. The predicted molar refractivity (Wildman–Crippen MR) is 107 cm³/mol. The highest BCUT2D eigenvalue weighted by atomic mass is 35.5. The number of halogens is 2. The Morgan fingerprint density at radius 2 is 2.17 bits per heavy atom. The lowest BCUT2D eigenvalue weighted by Gasteiger charge is -2.04. The molecular weight excluding hydrogens is 419 g/mol. The average molecular weight is 433 g/mol. The third-order valence-electron chi connectivity index (χ3n) is 3.79. The van der Waals surface area contributed by atoms with Gasteiger partial charge in [-0.1, -0.05) is 23.4 Å². The maximum atomic E-state index is 13.2. The number of ether oxygens (including phenoxy) is 1. The Labute approximate surface area is 174 Å². The van der Waals surface area contributed by atoms with E-state index in [4.69, 9.17) is 25.2 Å². The van der Waals surface area contributed by atoms with Gasteiger partial charge in [0.2, 0.25) is 11.0 Å². The first-order valence-electron chi connectivity index (χ1n) is 8.38. The molecule has 3 aromatic heterocycles. The van der Waals surface area contributed by atoms with Crippen LogP contribution in [0.4, 0.5) is 4.39 Å². The number of rotatable bonds is 7. The molecule has 7 nitrogen and oxygen atoms in total. The third kappa shape index (κ3) is 4.36. The molecule has 0 aliphatic rings. The molecule has 0 fully saturated rings. The molecular formula is C19H14ClFN4O3S. The van der Waals surface area contributed by atoms with Crippen LogP contribution < -0.4 is 4.74 Å². The maximum absolute atomic E-state index is 13.2. The van der Waals surface area contributed by atoms with Crippen LogP contribution in [0.1, 0.15) is 11.5 Å². The van der Waals surface area contributed by atoms with Crippen molar-refractivity contribution in [2.45, 2.75) is 11.8 Å². The number of hydrogen-bond donors (Lipinski definition) is 0. The minimum atomic E-state index is -0.497. The Kier molecular flexibility index (Phi) is 5.68. The second-order valence-electron chi connectivity index (χ2n) is 5.71. The van der Waals surface area contributed by atoms with Gasteiger partial charge in [0.1, 0.15) is 29.7 Å². The Morgan fingerprint density at radius 3 is 2.93 bits per heavy atom. The summed E-state index contributed by atoms with van der Waals surface area (Å²) in [5.74, 6) is 2.09. The van der Waals surface area contributed by atoms with Crippen molar-refractivity contribution in [3.63, 3.8) is 0 Å². The summed E-state index contributed by atoms with van der Waals surface area (Å²) in [7, 11) is 0. The van der Waals surface area contributed by atoms with Crippen molar-refractivity contribution < 1.29 is 18.0 Å². The molecule has 0 aliphatic heterocycles. The fourth-order valence-electron chi connectivity index (χ4n) is 2.43. The molecule has 0 unspecified atom stereocenters. The van der Waals surface area contributed by atoms with Gasteiger partial charge in [0.25, 0.3) is 0 Å². The predicted octanol–water partition coefficient (Wildman–Crippen LogP) is 5.11. The van der Waals surface area contributed by atoms with Crippen LogP contribution in [-0.2, 0) is 6.61 Å². The van der Waals surface area contributed by atoms with Gasteiger partial charge in [-0.2, -0.15) is 9.78 Å². The fraction of sp³-hybridized carbons (Fsp3) is 0.105. The van der Waals surface area contributed by atoms with Crippen LogP contribution in [0.15, 0.2) is 67.8 Å². The second kappa shape index (κ2) is 8.54. The van der Waals surface area contributed by atoms with Gasteiger partial charge in [-0.25, -0.2) is 4.39 Å². The average Bonchev–Trinajstić information content (AvgIpc) is 3.47. The maximum Gasteiger partial charge on any atom is 0.221 e. The zero-order chi connectivity index (χ0) is 20.2. The zero-order valence-electron chi connectivity index (χ0n) is 15.1. The third-order valence-corrected chi connectivity index (χ3v) is 4.70. The number of thioether (sulfide) groups is 1. The largest absolute Gasteiger partial charge is 0.486 e. The highest BCUT2D eigenvalue weighted by Crippen LogP contribution is 2.24. The molecule has 3 heterocycles. The van der Waals surface area contributed by atoms with Crippen molar-refractivity contribution in [1.82, 2.24) is 14.9 Å². The molecule has 0 N–H and O–H groups in total. The summed E-state index contributed by atoms with van der Waals surface area (Å²) in [6, 6.07) is 11.2. The van der Waals surface area contributed by atoms with E-state index in [0.717, 1.165) is 0 Å². The van der Waals surface area contributed by atoms with Crippen molar-refractivity contribution >= 4 is 29.6 Å². The van der Waals surface area contributed by atoms with Crippen LogP contribution in [0.2, 0.25) is 5.02 Å². The molecule has 0 spiro atoms. The minimum absolute atomic E-state index is 0.000619. The number of nitrogens with zero attached hydrogens (tertiary/aromatic N) is 4. The lowest BCUT2D eigenvalue weighted by atomic mass is 10.3. The smallest absolute Gasteiger partial charge is 0.221 e. The topological polar surface area (TPSA) is 78.6 Å².